The van der Waals surface area contributed by atoms with E-state index in [-0.39, 0.29) is 21.7 Å². The van der Waals surface area contributed by atoms with Gasteiger partial charge in [0.15, 0.2) is 0 Å². The minimum absolute atomic E-state index is 0.233. The molecule has 0 heterocycles. The molecular weight excluding hydrogens is 237 g/mol. The number of hydrogen-bond acceptors (Lipinski definition) is 1. The third-order valence-corrected chi connectivity index (χ3v) is 4.97. The Morgan fingerprint density at radius 1 is 1.24 bits per heavy atom. The lowest BCUT2D eigenvalue weighted by Gasteiger charge is -2.08. The van der Waals surface area contributed by atoms with Crippen LogP contribution in [0.15, 0.2) is 18.2 Å². The monoisotopic (exact) mass is 255 g/mol. The summed E-state index contributed by atoms with van der Waals surface area (Å²) in [5, 5.41) is 3.70. The smallest absolute Gasteiger partial charge is 0.142 e. The van der Waals surface area contributed by atoms with Crippen molar-refractivity contribution in [2.75, 3.05) is 0 Å². The SMILES string of the molecule is CC1(C)C(NCc2cccc(F)c2Cl)C1(C)C. The van der Waals surface area contributed by atoms with Gasteiger partial charge in [-0.25, -0.2) is 4.39 Å². The second-order valence-corrected chi connectivity index (χ2v) is 6.35. The van der Waals surface area contributed by atoms with E-state index in [1.54, 1.807) is 6.07 Å². The highest BCUT2D eigenvalue weighted by molar-refractivity contribution is 6.31. The van der Waals surface area contributed by atoms with E-state index in [9.17, 15) is 4.39 Å². The van der Waals surface area contributed by atoms with Crippen LogP contribution >= 0.6 is 11.6 Å². The molecule has 1 fully saturated rings. The van der Waals surface area contributed by atoms with Crippen LogP contribution in [0.3, 0.4) is 0 Å². The Bertz CT molecular complexity index is 426. The molecule has 0 saturated heterocycles. The van der Waals surface area contributed by atoms with Gasteiger partial charge in [-0.2, -0.15) is 0 Å². The summed E-state index contributed by atoms with van der Waals surface area (Å²) in [7, 11) is 0. The Kier molecular flexibility index (Phi) is 2.99. The standard InChI is InChI=1S/C14H19ClFN/c1-13(2)12(14(13,3)4)17-8-9-6-5-7-10(16)11(9)15/h5-7,12,17H,8H2,1-4H3. The molecule has 0 radical (unpaired) electrons. The van der Waals surface area contributed by atoms with E-state index in [4.69, 9.17) is 11.6 Å². The highest BCUT2D eigenvalue weighted by Gasteiger charge is 2.64. The molecule has 1 nitrogen and oxygen atoms in total. The van der Waals surface area contributed by atoms with Crippen molar-refractivity contribution in [1.82, 2.24) is 5.32 Å². The summed E-state index contributed by atoms with van der Waals surface area (Å²) in [6.07, 6.45) is 0. The number of rotatable bonds is 3. The van der Waals surface area contributed by atoms with Crippen molar-refractivity contribution in [3.63, 3.8) is 0 Å². The van der Waals surface area contributed by atoms with Gasteiger partial charge in [0.25, 0.3) is 0 Å². The van der Waals surface area contributed by atoms with Crippen LogP contribution in [0.4, 0.5) is 4.39 Å². The predicted molar refractivity (Wildman–Crippen MR) is 69.6 cm³/mol. The molecule has 0 aromatic heterocycles. The zero-order valence-electron chi connectivity index (χ0n) is 10.8. The average molecular weight is 256 g/mol. The Morgan fingerprint density at radius 2 is 1.82 bits per heavy atom. The zero-order valence-corrected chi connectivity index (χ0v) is 11.5. The molecule has 0 spiro atoms. The van der Waals surface area contributed by atoms with Crippen molar-refractivity contribution >= 4 is 11.6 Å². The summed E-state index contributed by atoms with van der Waals surface area (Å²) in [4.78, 5) is 0. The number of hydrogen-bond donors (Lipinski definition) is 1. The number of benzene rings is 1. The quantitative estimate of drug-likeness (QED) is 0.861. The second-order valence-electron chi connectivity index (χ2n) is 5.97. The van der Waals surface area contributed by atoms with E-state index in [1.807, 2.05) is 6.07 Å². The molecule has 0 atom stereocenters. The molecule has 2 rings (SSSR count). The minimum Gasteiger partial charge on any atom is -0.309 e. The summed E-state index contributed by atoms with van der Waals surface area (Å²) < 4.78 is 13.3. The largest absolute Gasteiger partial charge is 0.309 e. The molecule has 94 valence electrons. The van der Waals surface area contributed by atoms with Crippen molar-refractivity contribution < 1.29 is 4.39 Å². The van der Waals surface area contributed by atoms with E-state index in [2.05, 4.69) is 33.0 Å². The fourth-order valence-corrected chi connectivity index (χ4v) is 2.80. The van der Waals surface area contributed by atoms with Gasteiger partial charge >= 0.3 is 0 Å². The summed E-state index contributed by atoms with van der Waals surface area (Å²) in [5.74, 6) is -0.347. The van der Waals surface area contributed by atoms with Crippen LogP contribution in [0.2, 0.25) is 5.02 Å². The zero-order chi connectivity index (χ0) is 12.8. The van der Waals surface area contributed by atoms with Gasteiger partial charge in [-0.15, -0.1) is 0 Å². The van der Waals surface area contributed by atoms with Gasteiger partial charge in [-0.3, -0.25) is 0 Å². The summed E-state index contributed by atoms with van der Waals surface area (Å²) in [6, 6.07) is 5.40. The maximum atomic E-state index is 13.3. The Balaban J connectivity index is 2.03. The fourth-order valence-electron chi connectivity index (χ4n) is 2.60. The van der Waals surface area contributed by atoms with Crippen molar-refractivity contribution in [2.45, 2.75) is 40.3 Å². The average Bonchev–Trinajstić information content (AvgIpc) is 2.61. The van der Waals surface area contributed by atoms with E-state index in [1.165, 1.54) is 6.07 Å². The number of halogens is 2. The van der Waals surface area contributed by atoms with Crippen molar-refractivity contribution in [3.05, 3.63) is 34.6 Å². The molecule has 1 N–H and O–H groups in total. The summed E-state index contributed by atoms with van der Waals surface area (Å²) in [5.41, 5.74) is 1.39. The molecular formula is C14H19ClFN. The van der Waals surface area contributed by atoms with Crippen molar-refractivity contribution in [1.29, 1.82) is 0 Å². The van der Waals surface area contributed by atoms with Crippen LogP contribution in [-0.4, -0.2) is 6.04 Å². The van der Waals surface area contributed by atoms with E-state index < -0.39 is 0 Å². The van der Waals surface area contributed by atoms with Gasteiger partial charge in [-0.05, 0) is 22.5 Å². The molecule has 1 aromatic rings. The molecule has 17 heavy (non-hydrogen) atoms. The molecule has 0 amide bonds. The van der Waals surface area contributed by atoms with Gasteiger partial charge in [0.2, 0.25) is 0 Å². The molecule has 1 aliphatic carbocycles. The lowest BCUT2D eigenvalue weighted by molar-refractivity contribution is 0.457. The van der Waals surface area contributed by atoms with Crippen molar-refractivity contribution in [2.24, 2.45) is 10.8 Å². The lowest BCUT2D eigenvalue weighted by Crippen LogP contribution is -2.21. The topological polar surface area (TPSA) is 12.0 Å². The first-order valence-electron chi connectivity index (χ1n) is 5.95. The van der Waals surface area contributed by atoms with E-state index in [0.717, 1.165) is 5.56 Å². The molecule has 1 saturated carbocycles. The second kappa shape index (κ2) is 3.96. The maximum Gasteiger partial charge on any atom is 0.142 e. The van der Waals surface area contributed by atoms with Crippen LogP contribution in [0.5, 0.6) is 0 Å². The first-order valence-corrected chi connectivity index (χ1v) is 6.32. The normalized spacial score (nSPS) is 21.5. The molecule has 0 bridgehead atoms. The minimum atomic E-state index is -0.347. The molecule has 1 aromatic carbocycles. The van der Waals surface area contributed by atoms with Crippen LogP contribution in [0.1, 0.15) is 33.3 Å². The van der Waals surface area contributed by atoms with Crippen LogP contribution in [-0.2, 0) is 6.54 Å². The summed E-state index contributed by atoms with van der Waals surface area (Å²) >= 11 is 5.92. The molecule has 0 unspecified atom stereocenters. The first kappa shape index (κ1) is 12.8. The van der Waals surface area contributed by atoms with Crippen LogP contribution in [0.25, 0.3) is 0 Å². The maximum absolute atomic E-state index is 13.3. The van der Waals surface area contributed by atoms with Gasteiger partial charge in [-0.1, -0.05) is 51.4 Å². The van der Waals surface area contributed by atoms with Crippen molar-refractivity contribution in [3.8, 4) is 0 Å². The fraction of sp³-hybridized carbons (Fsp3) is 0.571. The Hall–Kier alpha value is -0.600. The number of nitrogens with one attached hydrogen (secondary N) is 1. The predicted octanol–water partition coefficient (Wildman–Crippen LogP) is 4.00. The molecule has 0 aliphatic heterocycles. The third-order valence-electron chi connectivity index (χ3n) is 4.55. The molecule has 3 heteroatoms. The van der Waals surface area contributed by atoms with Crippen LogP contribution < -0.4 is 5.32 Å². The third kappa shape index (κ3) is 1.98. The highest BCUT2D eigenvalue weighted by atomic mass is 35.5. The van der Waals surface area contributed by atoms with Gasteiger partial charge in [0.1, 0.15) is 5.82 Å². The van der Waals surface area contributed by atoms with Gasteiger partial charge in [0, 0.05) is 12.6 Å². The summed E-state index contributed by atoms with van der Waals surface area (Å²) in [6.45, 7) is 9.61. The highest BCUT2D eigenvalue weighted by Crippen LogP contribution is 2.62. The Morgan fingerprint density at radius 3 is 2.35 bits per heavy atom. The molecule has 1 aliphatic rings. The Labute approximate surface area is 107 Å². The van der Waals surface area contributed by atoms with Gasteiger partial charge in [0.05, 0.1) is 5.02 Å². The lowest BCUT2D eigenvalue weighted by atomic mass is 10.0. The first-order chi connectivity index (χ1) is 7.78. The van der Waals surface area contributed by atoms with Crippen LogP contribution in [0, 0.1) is 16.6 Å². The van der Waals surface area contributed by atoms with Gasteiger partial charge < -0.3 is 5.32 Å². The van der Waals surface area contributed by atoms with E-state index >= 15 is 0 Å². The van der Waals surface area contributed by atoms with E-state index in [0.29, 0.717) is 12.6 Å².